The third kappa shape index (κ3) is 6.94. The molecule has 1 atom stereocenters. The van der Waals surface area contributed by atoms with Gasteiger partial charge in [0.25, 0.3) is 0 Å². The number of amides is 1. The zero-order valence-electron chi connectivity index (χ0n) is 13.8. The number of benzene rings is 1. The molecule has 1 amide bonds. The average molecular weight is 365 g/mol. The first-order valence-electron chi connectivity index (χ1n) is 7.45. The van der Waals surface area contributed by atoms with Gasteiger partial charge in [-0.1, -0.05) is 23.2 Å². The van der Waals surface area contributed by atoms with Crippen molar-refractivity contribution in [3.05, 3.63) is 33.6 Å². The van der Waals surface area contributed by atoms with Crippen LogP contribution in [0.2, 0.25) is 10.0 Å². The number of nitrogens with one attached hydrogen (secondary N) is 2. The fourth-order valence-corrected chi connectivity index (χ4v) is 2.65. The molecule has 7 heteroatoms. The fraction of sp³-hybridized carbons (Fsp3) is 0.562. The molecular weight excluding hydrogens is 342 g/mol. The number of alkyl carbamates (subject to hydrolysis) is 1. The molecule has 0 spiro atoms. The lowest BCUT2D eigenvalue weighted by atomic mass is 10.1. The number of hydrogen-bond donors (Lipinski definition) is 2. The van der Waals surface area contributed by atoms with Gasteiger partial charge in [-0.15, -0.1) is 0 Å². The summed E-state index contributed by atoms with van der Waals surface area (Å²) in [6.07, 6.45) is 0.246. The first kappa shape index (κ1) is 20.0. The fourth-order valence-electron chi connectivity index (χ4n) is 1.95. The van der Waals surface area contributed by atoms with Crippen LogP contribution in [0.25, 0.3) is 0 Å². The zero-order valence-corrected chi connectivity index (χ0v) is 15.3. The molecule has 0 fully saturated rings. The van der Waals surface area contributed by atoms with Gasteiger partial charge in [0, 0.05) is 23.2 Å². The Morgan fingerprint density at radius 3 is 2.57 bits per heavy atom. The minimum atomic E-state index is -0.512. The lowest BCUT2D eigenvalue weighted by molar-refractivity contribution is 0.0527. The SMILES string of the molecule is CC(NCCCNC(=O)OC(C)(C)C)c1c(Cl)ccc(F)c1Cl. The monoisotopic (exact) mass is 364 g/mol. The molecule has 0 aliphatic carbocycles. The van der Waals surface area contributed by atoms with E-state index in [1.807, 2.05) is 27.7 Å². The maximum absolute atomic E-state index is 13.5. The van der Waals surface area contributed by atoms with Crippen LogP contribution in [-0.2, 0) is 4.74 Å². The second kappa shape index (κ2) is 8.71. The molecule has 0 bridgehead atoms. The first-order chi connectivity index (χ1) is 10.6. The predicted molar refractivity (Wildman–Crippen MR) is 91.7 cm³/mol. The largest absolute Gasteiger partial charge is 0.444 e. The molecule has 130 valence electrons. The summed E-state index contributed by atoms with van der Waals surface area (Å²) in [4.78, 5) is 11.5. The van der Waals surface area contributed by atoms with E-state index in [9.17, 15) is 9.18 Å². The summed E-state index contributed by atoms with van der Waals surface area (Å²) >= 11 is 12.0. The van der Waals surface area contributed by atoms with Crippen LogP contribution in [0.4, 0.5) is 9.18 Å². The molecule has 2 N–H and O–H groups in total. The van der Waals surface area contributed by atoms with Gasteiger partial charge in [0.1, 0.15) is 11.4 Å². The third-order valence-corrected chi connectivity index (χ3v) is 3.70. The number of ether oxygens (including phenoxy) is 1. The van der Waals surface area contributed by atoms with Crippen LogP contribution >= 0.6 is 23.2 Å². The van der Waals surface area contributed by atoms with Crippen LogP contribution < -0.4 is 10.6 Å². The molecule has 0 aliphatic rings. The van der Waals surface area contributed by atoms with Crippen molar-refractivity contribution in [2.75, 3.05) is 13.1 Å². The van der Waals surface area contributed by atoms with E-state index in [0.717, 1.165) is 0 Å². The normalized spacial score (nSPS) is 12.8. The van der Waals surface area contributed by atoms with E-state index in [4.69, 9.17) is 27.9 Å². The summed E-state index contributed by atoms with van der Waals surface area (Å²) in [5.74, 6) is -0.494. The average Bonchev–Trinajstić information content (AvgIpc) is 2.41. The zero-order chi connectivity index (χ0) is 17.6. The van der Waals surface area contributed by atoms with E-state index in [-0.39, 0.29) is 11.1 Å². The van der Waals surface area contributed by atoms with Gasteiger partial charge in [-0.2, -0.15) is 0 Å². The Balaban J connectivity index is 2.37. The minimum Gasteiger partial charge on any atom is -0.444 e. The lowest BCUT2D eigenvalue weighted by Crippen LogP contribution is -2.34. The van der Waals surface area contributed by atoms with Gasteiger partial charge in [-0.05, 0) is 52.8 Å². The van der Waals surface area contributed by atoms with E-state index in [1.165, 1.54) is 12.1 Å². The smallest absolute Gasteiger partial charge is 0.407 e. The third-order valence-electron chi connectivity index (χ3n) is 2.98. The summed E-state index contributed by atoms with van der Waals surface area (Å²) in [6, 6.07) is 2.53. The highest BCUT2D eigenvalue weighted by molar-refractivity contribution is 6.36. The maximum atomic E-state index is 13.5. The summed E-state index contributed by atoms with van der Waals surface area (Å²) in [7, 11) is 0. The van der Waals surface area contributed by atoms with Crippen LogP contribution in [0.1, 0.15) is 45.7 Å². The lowest BCUT2D eigenvalue weighted by Gasteiger charge is -2.20. The molecular formula is C16H23Cl2FN2O2. The summed E-state index contributed by atoms with van der Waals surface area (Å²) in [6.45, 7) is 8.36. The van der Waals surface area contributed by atoms with Crippen molar-refractivity contribution in [3.8, 4) is 0 Å². The highest BCUT2D eigenvalue weighted by Crippen LogP contribution is 2.32. The van der Waals surface area contributed by atoms with Crippen molar-refractivity contribution >= 4 is 29.3 Å². The highest BCUT2D eigenvalue weighted by Gasteiger charge is 2.17. The van der Waals surface area contributed by atoms with E-state index in [0.29, 0.717) is 30.1 Å². The van der Waals surface area contributed by atoms with E-state index >= 15 is 0 Å². The molecule has 0 heterocycles. The van der Waals surface area contributed by atoms with Gasteiger partial charge in [0.2, 0.25) is 0 Å². The number of halogens is 3. The topological polar surface area (TPSA) is 50.4 Å². The molecule has 0 aliphatic heterocycles. The van der Waals surface area contributed by atoms with E-state index < -0.39 is 17.5 Å². The van der Waals surface area contributed by atoms with Crippen LogP contribution in [0.15, 0.2) is 12.1 Å². The Morgan fingerprint density at radius 2 is 1.96 bits per heavy atom. The van der Waals surface area contributed by atoms with Crippen molar-refractivity contribution in [1.29, 1.82) is 0 Å². The maximum Gasteiger partial charge on any atom is 0.407 e. The molecule has 1 rings (SSSR count). The van der Waals surface area contributed by atoms with Crippen molar-refractivity contribution in [2.24, 2.45) is 0 Å². The molecule has 0 aromatic heterocycles. The van der Waals surface area contributed by atoms with Crippen molar-refractivity contribution in [3.63, 3.8) is 0 Å². The van der Waals surface area contributed by atoms with Gasteiger partial charge in [0.15, 0.2) is 0 Å². The highest BCUT2D eigenvalue weighted by atomic mass is 35.5. The summed E-state index contributed by atoms with van der Waals surface area (Å²) in [5.41, 5.74) is 0.0234. The van der Waals surface area contributed by atoms with Crippen LogP contribution in [0, 0.1) is 5.82 Å². The van der Waals surface area contributed by atoms with Gasteiger partial charge in [0.05, 0.1) is 5.02 Å². The second-order valence-corrected chi connectivity index (χ2v) is 7.00. The number of rotatable bonds is 6. The van der Waals surface area contributed by atoms with Gasteiger partial charge in [-0.25, -0.2) is 9.18 Å². The van der Waals surface area contributed by atoms with Crippen molar-refractivity contribution < 1.29 is 13.9 Å². The van der Waals surface area contributed by atoms with Gasteiger partial charge >= 0.3 is 6.09 Å². The second-order valence-electron chi connectivity index (χ2n) is 6.21. The molecule has 1 aromatic rings. The summed E-state index contributed by atoms with van der Waals surface area (Å²) in [5, 5.41) is 6.32. The molecule has 0 saturated carbocycles. The predicted octanol–water partition coefficient (Wildman–Crippen LogP) is 4.70. The number of carbonyl (C=O) groups is 1. The minimum absolute atomic E-state index is 0.0318. The Morgan fingerprint density at radius 1 is 1.30 bits per heavy atom. The number of hydrogen-bond acceptors (Lipinski definition) is 3. The Hall–Kier alpha value is -1.04. The van der Waals surface area contributed by atoms with Crippen LogP contribution in [0.3, 0.4) is 0 Å². The van der Waals surface area contributed by atoms with E-state index in [1.54, 1.807) is 0 Å². The molecule has 1 unspecified atom stereocenters. The molecule has 0 radical (unpaired) electrons. The molecule has 1 aromatic carbocycles. The summed E-state index contributed by atoms with van der Waals surface area (Å²) < 4.78 is 18.6. The first-order valence-corrected chi connectivity index (χ1v) is 8.21. The van der Waals surface area contributed by atoms with E-state index in [2.05, 4.69) is 10.6 Å². The van der Waals surface area contributed by atoms with Crippen LogP contribution in [0.5, 0.6) is 0 Å². The van der Waals surface area contributed by atoms with Crippen molar-refractivity contribution in [1.82, 2.24) is 10.6 Å². The van der Waals surface area contributed by atoms with Gasteiger partial charge < -0.3 is 15.4 Å². The number of carbonyl (C=O) groups excluding carboxylic acids is 1. The molecule has 4 nitrogen and oxygen atoms in total. The Kier molecular flexibility index (Phi) is 7.58. The molecule has 0 saturated heterocycles. The van der Waals surface area contributed by atoms with Crippen LogP contribution in [-0.4, -0.2) is 24.8 Å². The Labute approximate surface area is 146 Å². The standard InChI is InChI=1S/C16H23Cl2FN2O2/c1-10(13-11(17)6-7-12(19)14(13)18)20-8-5-9-21-15(22)23-16(2,3)4/h6-7,10,20H,5,8-9H2,1-4H3,(H,21,22). The van der Waals surface area contributed by atoms with Crippen molar-refractivity contribution in [2.45, 2.75) is 45.8 Å². The quantitative estimate of drug-likeness (QED) is 0.568. The molecule has 23 heavy (non-hydrogen) atoms. The Bertz CT molecular complexity index is 548. The van der Waals surface area contributed by atoms with Gasteiger partial charge in [-0.3, -0.25) is 0 Å².